The first-order valence-electron chi connectivity index (χ1n) is 11.1. The van der Waals surface area contributed by atoms with Crippen LogP contribution in [0.2, 0.25) is 0 Å². The Bertz CT molecular complexity index is 623. The maximum absolute atomic E-state index is 12.1. The number of rotatable bonds is 16. The molecule has 0 aliphatic rings. The van der Waals surface area contributed by atoms with Crippen LogP contribution in [-0.2, 0) is 16.0 Å². The fourth-order valence-corrected chi connectivity index (χ4v) is 3.61. The summed E-state index contributed by atoms with van der Waals surface area (Å²) in [5, 5.41) is 13.8. The van der Waals surface area contributed by atoms with Gasteiger partial charge < -0.3 is 24.4 Å². The normalized spacial score (nSPS) is 12.4. The number of nitrogens with one attached hydrogen (secondary N) is 1. The third-order valence-corrected chi connectivity index (χ3v) is 5.07. The highest BCUT2D eigenvalue weighted by atomic mass is 16.5. The molecule has 170 valence electrons. The molecule has 1 aromatic rings. The lowest BCUT2D eigenvalue weighted by molar-refractivity contribution is -0.871. The first-order chi connectivity index (χ1) is 14.2. The van der Waals surface area contributed by atoms with Gasteiger partial charge in [-0.15, -0.1) is 0 Å². The number of amides is 1. The van der Waals surface area contributed by atoms with E-state index in [1.165, 1.54) is 31.2 Å². The molecular weight excluding hydrogens is 380 g/mol. The zero-order valence-corrected chi connectivity index (χ0v) is 19.2. The molecule has 0 saturated carbocycles. The molecule has 0 radical (unpaired) electrons. The van der Waals surface area contributed by atoms with Crippen LogP contribution in [0, 0.1) is 0 Å². The molecule has 0 saturated heterocycles. The number of carbonyl (C=O) groups excluding carboxylic acids is 2. The van der Waals surface area contributed by atoms with Gasteiger partial charge in [0.1, 0.15) is 5.75 Å². The number of carboxylic acids is 1. The molecule has 0 aliphatic carbocycles. The van der Waals surface area contributed by atoms with Crippen molar-refractivity contribution in [1.82, 2.24) is 5.32 Å². The fourth-order valence-electron chi connectivity index (χ4n) is 3.61. The highest BCUT2D eigenvalue weighted by molar-refractivity contribution is 5.77. The standard InChI is InChI=1S/C24H40N2O4/c1-26(2,3)19-21(18-24(28)29)25-23(27)13-11-9-7-5-6-8-10-12-20-14-16-22(30-4)17-15-20/h14-17,21H,5-13,18-19H2,1-4H3,(H-,25,27,28,29)/t21-/m1/s1. The van der Waals surface area contributed by atoms with E-state index in [9.17, 15) is 14.7 Å². The molecule has 0 bridgehead atoms. The van der Waals surface area contributed by atoms with Gasteiger partial charge >= 0.3 is 0 Å². The van der Waals surface area contributed by atoms with E-state index in [0.29, 0.717) is 17.4 Å². The van der Waals surface area contributed by atoms with Crippen LogP contribution in [0.4, 0.5) is 0 Å². The molecule has 6 nitrogen and oxygen atoms in total. The van der Waals surface area contributed by atoms with Crippen LogP contribution in [-0.4, -0.2) is 57.2 Å². The Labute approximate surface area is 182 Å². The van der Waals surface area contributed by atoms with Crippen molar-refractivity contribution in [3.63, 3.8) is 0 Å². The van der Waals surface area contributed by atoms with Gasteiger partial charge in [-0.25, -0.2) is 0 Å². The first kappa shape index (κ1) is 26.0. The Morgan fingerprint density at radius 3 is 2.07 bits per heavy atom. The summed E-state index contributed by atoms with van der Waals surface area (Å²) in [6.07, 6.45) is 9.27. The number of ether oxygens (including phenoxy) is 1. The van der Waals surface area contributed by atoms with E-state index >= 15 is 0 Å². The Hall–Kier alpha value is -2.08. The zero-order valence-electron chi connectivity index (χ0n) is 19.2. The number of methoxy groups -OCH3 is 1. The molecule has 1 amide bonds. The van der Waals surface area contributed by atoms with E-state index in [0.717, 1.165) is 31.4 Å². The maximum atomic E-state index is 12.1. The van der Waals surface area contributed by atoms with Gasteiger partial charge in [0.05, 0.1) is 40.8 Å². The lowest BCUT2D eigenvalue weighted by Gasteiger charge is -2.30. The average Bonchev–Trinajstić information content (AvgIpc) is 2.65. The van der Waals surface area contributed by atoms with Crippen molar-refractivity contribution in [2.75, 3.05) is 34.8 Å². The van der Waals surface area contributed by atoms with Crippen molar-refractivity contribution in [3.8, 4) is 5.75 Å². The molecule has 0 aliphatic heterocycles. The number of hydrogen-bond acceptors (Lipinski definition) is 4. The van der Waals surface area contributed by atoms with Crippen LogP contribution in [0.3, 0.4) is 0 Å². The number of carboxylic acid groups (broad SMARTS) is 1. The van der Waals surface area contributed by atoms with Crippen LogP contribution in [0.25, 0.3) is 0 Å². The van der Waals surface area contributed by atoms with Gasteiger partial charge in [-0.3, -0.25) is 4.79 Å². The van der Waals surface area contributed by atoms with Crippen LogP contribution >= 0.6 is 0 Å². The molecule has 1 rings (SSSR count). The van der Waals surface area contributed by atoms with Crippen LogP contribution in [0.5, 0.6) is 5.75 Å². The lowest BCUT2D eigenvalue weighted by atomic mass is 10.0. The van der Waals surface area contributed by atoms with E-state index in [1.54, 1.807) is 7.11 Å². The number of carbonyl (C=O) groups is 2. The monoisotopic (exact) mass is 420 g/mol. The topological polar surface area (TPSA) is 78.5 Å². The maximum Gasteiger partial charge on any atom is 0.220 e. The van der Waals surface area contributed by atoms with Gasteiger partial charge in [0.2, 0.25) is 5.91 Å². The minimum absolute atomic E-state index is 0.0609. The van der Waals surface area contributed by atoms with E-state index in [-0.39, 0.29) is 18.4 Å². The van der Waals surface area contributed by atoms with E-state index < -0.39 is 5.97 Å². The van der Waals surface area contributed by atoms with E-state index in [4.69, 9.17) is 4.74 Å². The number of quaternary nitrogens is 1. The summed E-state index contributed by atoms with van der Waals surface area (Å²) in [7, 11) is 7.62. The number of benzene rings is 1. The molecular formula is C24H40N2O4. The average molecular weight is 421 g/mol. The van der Waals surface area contributed by atoms with Crippen LogP contribution in [0.15, 0.2) is 24.3 Å². The molecule has 0 fully saturated rings. The minimum atomic E-state index is -1.12. The van der Waals surface area contributed by atoms with Crippen molar-refractivity contribution in [3.05, 3.63) is 29.8 Å². The predicted molar refractivity (Wildman–Crippen MR) is 118 cm³/mol. The van der Waals surface area contributed by atoms with Gasteiger partial charge in [-0.2, -0.15) is 0 Å². The second-order valence-corrected chi connectivity index (χ2v) is 9.14. The highest BCUT2D eigenvalue weighted by Crippen LogP contribution is 2.15. The Kier molecular flexibility index (Phi) is 12.1. The smallest absolute Gasteiger partial charge is 0.220 e. The van der Waals surface area contributed by atoms with Gasteiger partial charge in [0, 0.05) is 18.8 Å². The number of likely N-dealkylation sites (N-methyl/N-ethyl adjacent to an activating group) is 1. The Morgan fingerprint density at radius 2 is 1.53 bits per heavy atom. The van der Waals surface area contributed by atoms with Crippen LogP contribution < -0.4 is 15.2 Å². The Morgan fingerprint density at radius 1 is 0.967 bits per heavy atom. The summed E-state index contributed by atoms with van der Waals surface area (Å²) in [6, 6.07) is 7.89. The van der Waals surface area contributed by atoms with Crippen molar-refractivity contribution in [2.45, 2.75) is 70.3 Å². The number of nitrogens with zero attached hydrogens (tertiary/aromatic N) is 1. The quantitative estimate of drug-likeness (QED) is 0.329. The van der Waals surface area contributed by atoms with Gasteiger partial charge in [-0.05, 0) is 37.0 Å². The van der Waals surface area contributed by atoms with Crippen molar-refractivity contribution in [1.29, 1.82) is 0 Å². The molecule has 0 aromatic heterocycles. The fraction of sp³-hybridized carbons (Fsp3) is 0.667. The molecule has 1 N–H and O–H groups in total. The van der Waals surface area contributed by atoms with Crippen LogP contribution in [0.1, 0.15) is 63.4 Å². The largest absolute Gasteiger partial charge is 0.550 e. The van der Waals surface area contributed by atoms with E-state index in [1.807, 2.05) is 33.3 Å². The minimum Gasteiger partial charge on any atom is -0.550 e. The summed E-state index contributed by atoms with van der Waals surface area (Å²) >= 11 is 0. The SMILES string of the molecule is COc1ccc(CCCCCCCCCC(=O)N[C@H](CC(=O)[O-])C[N+](C)(C)C)cc1. The van der Waals surface area contributed by atoms with Gasteiger partial charge in [0.15, 0.2) is 0 Å². The summed E-state index contributed by atoms with van der Waals surface area (Å²) in [6.45, 7) is 0.566. The zero-order chi connectivity index (χ0) is 22.4. The molecule has 30 heavy (non-hydrogen) atoms. The molecule has 0 unspecified atom stereocenters. The second kappa shape index (κ2) is 14.0. The van der Waals surface area contributed by atoms with Crippen molar-refractivity contribution in [2.24, 2.45) is 0 Å². The first-order valence-corrected chi connectivity index (χ1v) is 11.1. The summed E-state index contributed by atoms with van der Waals surface area (Å²) in [5.74, 6) is -0.287. The highest BCUT2D eigenvalue weighted by Gasteiger charge is 2.20. The summed E-state index contributed by atoms with van der Waals surface area (Å²) in [4.78, 5) is 23.0. The second-order valence-electron chi connectivity index (χ2n) is 9.14. The number of hydrogen-bond donors (Lipinski definition) is 1. The summed E-state index contributed by atoms with van der Waals surface area (Å²) < 4.78 is 5.77. The Balaban J connectivity index is 2.07. The molecule has 6 heteroatoms. The number of unbranched alkanes of at least 4 members (excludes halogenated alkanes) is 6. The third kappa shape index (κ3) is 13.2. The van der Waals surface area contributed by atoms with Crippen molar-refractivity contribution >= 4 is 11.9 Å². The van der Waals surface area contributed by atoms with Gasteiger partial charge in [-0.1, -0.05) is 44.2 Å². The number of aryl methyl sites for hydroxylation is 1. The molecule has 1 atom stereocenters. The summed E-state index contributed by atoms with van der Waals surface area (Å²) in [5.41, 5.74) is 1.35. The van der Waals surface area contributed by atoms with Gasteiger partial charge in [0.25, 0.3) is 0 Å². The molecule has 0 heterocycles. The molecule has 0 spiro atoms. The predicted octanol–water partition coefficient (Wildman–Crippen LogP) is 2.69. The molecule has 1 aromatic carbocycles. The van der Waals surface area contributed by atoms with E-state index in [2.05, 4.69) is 17.4 Å². The lowest BCUT2D eigenvalue weighted by Crippen LogP contribution is -2.50. The third-order valence-electron chi connectivity index (χ3n) is 5.07. The van der Waals surface area contributed by atoms with Crippen molar-refractivity contribution < 1.29 is 23.9 Å². The number of aliphatic carboxylic acids is 1.